The summed E-state index contributed by atoms with van der Waals surface area (Å²) in [5, 5.41) is 5.09. The third-order valence-corrected chi connectivity index (χ3v) is 5.09. The fourth-order valence-electron chi connectivity index (χ4n) is 3.21. The van der Waals surface area contributed by atoms with E-state index in [2.05, 4.69) is 36.5 Å². The molecule has 0 spiro atoms. The summed E-state index contributed by atoms with van der Waals surface area (Å²) < 4.78 is 6.07. The van der Waals surface area contributed by atoms with Crippen LogP contribution in [0, 0.1) is 0 Å². The Labute approximate surface area is 177 Å². The van der Waals surface area contributed by atoms with Gasteiger partial charge in [-0.05, 0) is 47.9 Å². The predicted molar refractivity (Wildman–Crippen MR) is 118 cm³/mol. The zero-order valence-corrected chi connectivity index (χ0v) is 17.5. The molecule has 0 heterocycles. The largest absolute Gasteiger partial charge is 0.489 e. The topological polar surface area (TPSA) is 21.3 Å². The summed E-state index contributed by atoms with van der Waals surface area (Å²) in [4.78, 5) is 0. The lowest BCUT2D eigenvalue weighted by Gasteiger charge is -2.20. The summed E-state index contributed by atoms with van der Waals surface area (Å²) in [5.74, 6) is 0.834. The maximum Gasteiger partial charge on any atom is 0.124 e. The Morgan fingerprint density at radius 2 is 1.68 bits per heavy atom. The molecule has 0 fully saturated rings. The van der Waals surface area contributed by atoms with E-state index in [0.29, 0.717) is 29.2 Å². The number of benzene rings is 3. The van der Waals surface area contributed by atoms with E-state index in [9.17, 15) is 0 Å². The fraction of sp³-hybridized carbons (Fsp3) is 0.250. The lowest BCUT2D eigenvalue weighted by Crippen LogP contribution is -2.21. The molecule has 3 rings (SSSR count). The van der Waals surface area contributed by atoms with Gasteiger partial charge in [0.05, 0.1) is 0 Å². The van der Waals surface area contributed by atoms with Crippen LogP contribution in [0.4, 0.5) is 0 Å². The van der Waals surface area contributed by atoms with Gasteiger partial charge in [-0.25, -0.2) is 0 Å². The van der Waals surface area contributed by atoms with Gasteiger partial charge in [0, 0.05) is 28.2 Å². The summed E-state index contributed by atoms with van der Waals surface area (Å²) in [6, 6.07) is 24.3. The third-order valence-electron chi connectivity index (χ3n) is 4.62. The van der Waals surface area contributed by atoms with Gasteiger partial charge in [0.15, 0.2) is 0 Å². The molecular weight excluding hydrogens is 389 g/mol. The van der Waals surface area contributed by atoms with E-state index in [1.807, 2.05) is 48.5 Å². The van der Waals surface area contributed by atoms with Crippen molar-refractivity contribution in [3.63, 3.8) is 0 Å². The van der Waals surface area contributed by atoms with Crippen LogP contribution in [0.1, 0.15) is 42.5 Å². The first-order valence-corrected chi connectivity index (χ1v) is 10.4. The second-order valence-corrected chi connectivity index (χ2v) is 7.68. The quantitative estimate of drug-likeness (QED) is 0.400. The number of hydrogen-bond donors (Lipinski definition) is 1. The van der Waals surface area contributed by atoms with Gasteiger partial charge in [0.1, 0.15) is 12.4 Å². The molecule has 0 aliphatic carbocycles. The van der Waals surface area contributed by atoms with Gasteiger partial charge in [-0.2, -0.15) is 0 Å². The molecule has 28 heavy (non-hydrogen) atoms. The smallest absolute Gasteiger partial charge is 0.124 e. The van der Waals surface area contributed by atoms with Crippen molar-refractivity contribution in [2.24, 2.45) is 0 Å². The molecule has 3 aromatic rings. The van der Waals surface area contributed by atoms with Crippen molar-refractivity contribution < 1.29 is 4.74 Å². The van der Waals surface area contributed by atoms with Crippen LogP contribution in [0.15, 0.2) is 72.8 Å². The minimum absolute atomic E-state index is 0.297. The molecule has 0 amide bonds. The maximum absolute atomic E-state index is 6.25. The van der Waals surface area contributed by atoms with E-state index in [1.54, 1.807) is 0 Å². The highest BCUT2D eigenvalue weighted by atomic mass is 35.5. The van der Waals surface area contributed by atoms with Gasteiger partial charge < -0.3 is 10.1 Å². The van der Waals surface area contributed by atoms with Gasteiger partial charge in [0.2, 0.25) is 0 Å². The van der Waals surface area contributed by atoms with E-state index in [1.165, 1.54) is 5.56 Å². The number of nitrogens with one attached hydrogen (secondary N) is 1. The molecule has 0 aromatic heterocycles. The first kappa shape index (κ1) is 20.7. The first-order valence-electron chi connectivity index (χ1n) is 9.59. The molecule has 0 saturated carbocycles. The van der Waals surface area contributed by atoms with Crippen molar-refractivity contribution in [2.75, 3.05) is 0 Å². The Balaban J connectivity index is 1.71. The second kappa shape index (κ2) is 10.5. The number of hydrogen-bond acceptors (Lipinski definition) is 2. The summed E-state index contributed by atoms with van der Waals surface area (Å²) in [6.45, 7) is 3.35. The number of rotatable bonds is 9. The van der Waals surface area contributed by atoms with Gasteiger partial charge in [-0.3, -0.25) is 0 Å². The van der Waals surface area contributed by atoms with Gasteiger partial charge >= 0.3 is 0 Å². The second-order valence-electron chi connectivity index (χ2n) is 6.80. The highest BCUT2D eigenvalue weighted by Crippen LogP contribution is 2.26. The molecule has 4 heteroatoms. The summed E-state index contributed by atoms with van der Waals surface area (Å²) in [5.41, 5.74) is 3.38. The minimum atomic E-state index is 0.297. The maximum atomic E-state index is 6.25. The molecule has 0 saturated heterocycles. The van der Waals surface area contributed by atoms with Crippen LogP contribution >= 0.6 is 23.2 Å². The number of ether oxygens (including phenoxy) is 1. The molecule has 3 aromatic carbocycles. The monoisotopic (exact) mass is 413 g/mol. The van der Waals surface area contributed by atoms with Crippen molar-refractivity contribution in [3.8, 4) is 5.75 Å². The SMILES string of the molecule is CCCC(NCc1cc(Cl)ccc1OCc1cccc(Cl)c1)c1ccccc1. The summed E-state index contributed by atoms with van der Waals surface area (Å²) in [7, 11) is 0. The average Bonchev–Trinajstić information content (AvgIpc) is 2.71. The van der Waals surface area contributed by atoms with Crippen molar-refractivity contribution >= 4 is 23.2 Å². The predicted octanol–water partition coefficient (Wildman–Crippen LogP) is 7.20. The molecule has 1 N–H and O–H groups in total. The molecule has 146 valence electrons. The van der Waals surface area contributed by atoms with E-state index < -0.39 is 0 Å². The zero-order valence-electron chi connectivity index (χ0n) is 16.0. The van der Waals surface area contributed by atoms with E-state index >= 15 is 0 Å². The number of halogens is 2. The van der Waals surface area contributed by atoms with Crippen molar-refractivity contribution in [3.05, 3.63) is 99.5 Å². The first-order chi connectivity index (χ1) is 13.7. The van der Waals surface area contributed by atoms with Crippen LogP contribution in [0.25, 0.3) is 0 Å². The molecule has 1 atom stereocenters. The Bertz CT molecular complexity index is 883. The Hall–Kier alpha value is -2.00. The highest BCUT2D eigenvalue weighted by Gasteiger charge is 2.12. The van der Waals surface area contributed by atoms with Crippen molar-refractivity contribution in [1.29, 1.82) is 0 Å². The fourth-order valence-corrected chi connectivity index (χ4v) is 3.62. The Kier molecular flexibility index (Phi) is 7.79. The molecule has 0 bridgehead atoms. The molecular formula is C24H25Cl2NO. The molecule has 0 aliphatic heterocycles. The Morgan fingerprint density at radius 3 is 2.43 bits per heavy atom. The minimum Gasteiger partial charge on any atom is -0.489 e. The highest BCUT2D eigenvalue weighted by molar-refractivity contribution is 6.30. The average molecular weight is 414 g/mol. The lowest BCUT2D eigenvalue weighted by atomic mass is 10.0. The molecule has 0 aliphatic rings. The standard InChI is InChI=1S/C24H25Cl2NO/c1-2-7-23(19-9-4-3-5-10-19)27-16-20-15-22(26)12-13-24(20)28-17-18-8-6-11-21(25)14-18/h3-6,8-15,23,27H,2,7,16-17H2,1H3. The van der Waals surface area contributed by atoms with Gasteiger partial charge in [-0.1, -0.05) is 79.0 Å². The van der Waals surface area contributed by atoms with E-state index in [-0.39, 0.29) is 0 Å². The molecule has 2 nitrogen and oxygen atoms in total. The zero-order chi connectivity index (χ0) is 19.8. The van der Waals surface area contributed by atoms with Gasteiger partial charge in [0.25, 0.3) is 0 Å². The summed E-state index contributed by atoms with van der Waals surface area (Å²) in [6.07, 6.45) is 2.18. The van der Waals surface area contributed by atoms with Crippen LogP contribution < -0.4 is 10.1 Å². The van der Waals surface area contributed by atoms with Crippen LogP contribution in [0.2, 0.25) is 10.0 Å². The summed E-state index contributed by atoms with van der Waals surface area (Å²) >= 11 is 12.3. The van der Waals surface area contributed by atoms with Crippen LogP contribution in [0.5, 0.6) is 5.75 Å². The Morgan fingerprint density at radius 1 is 0.893 bits per heavy atom. The molecule has 1 unspecified atom stereocenters. The van der Waals surface area contributed by atoms with E-state index in [4.69, 9.17) is 27.9 Å². The van der Waals surface area contributed by atoms with E-state index in [0.717, 1.165) is 29.7 Å². The van der Waals surface area contributed by atoms with Gasteiger partial charge in [-0.15, -0.1) is 0 Å². The van der Waals surface area contributed by atoms with Crippen molar-refractivity contribution in [2.45, 2.75) is 39.0 Å². The van der Waals surface area contributed by atoms with Crippen LogP contribution in [-0.4, -0.2) is 0 Å². The lowest BCUT2D eigenvalue weighted by molar-refractivity contribution is 0.301. The van der Waals surface area contributed by atoms with Crippen LogP contribution in [-0.2, 0) is 13.2 Å². The third kappa shape index (κ3) is 6.00. The molecule has 0 radical (unpaired) electrons. The van der Waals surface area contributed by atoms with Crippen molar-refractivity contribution in [1.82, 2.24) is 5.32 Å². The normalized spacial score (nSPS) is 12.0. The van der Waals surface area contributed by atoms with Crippen LogP contribution in [0.3, 0.4) is 0 Å².